The molecule has 0 spiro atoms. The number of nitrogens with zero attached hydrogens (tertiary/aromatic N) is 1. The normalized spacial score (nSPS) is 25.5. The van der Waals surface area contributed by atoms with Crippen molar-refractivity contribution < 1.29 is 18.9 Å². The van der Waals surface area contributed by atoms with Crippen LogP contribution in [0, 0.1) is 12.3 Å². The summed E-state index contributed by atoms with van der Waals surface area (Å²) in [5.74, 6) is 0.190. The number of nitrogen functional groups attached to an aromatic ring is 1. The fraction of sp³-hybridized carbons (Fsp3) is 0.810. The van der Waals surface area contributed by atoms with E-state index in [4.69, 9.17) is 24.7 Å². The first-order valence-electron chi connectivity index (χ1n) is 10.1. The van der Waals surface area contributed by atoms with Crippen LogP contribution in [0.4, 0.5) is 5.82 Å². The van der Waals surface area contributed by atoms with E-state index in [0.29, 0.717) is 24.5 Å². The Kier molecular flexibility index (Phi) is 7.48. The van der Waals surface area contributed by atoms with Gasteiger partial charge < -0.3 is 29.7 Å². The van der Waals surface area contributed by atoms with Crippen molar-refractivity contribution in [3.8, 4) is 0 Å². The Balaban J connectivity index is 2.48. The lowest BCUT2D eigenvalue weighted by Crippen LogP contribution is -2.42. The van der Waals surface area contributed by atoms with E-state index in [9.17, 15) is 4.79 Å². The lowest BCUT2D eigenvalue weighted by Gasteiger charge is -2.33. The SMILES string of the molecule is COCCOC1[C@@H](OC(C)(C)C)[C@@H](CC(C)(C)C)O[C@H]1c1[nH]c(=O)nc(N)c1C. The van der Waals surface area contributed by atoms with Crippen molar-refractivity contribution in [2.75, 3.05) is 26.1 Å². The van der Waals surface area contributed by atoms with Crippen molar-refractivity contribution in [3.05, 3.63) is 21.7 Å². The maximum Gasteiger partial charge on any atom is 0.347 e. The summed E-state index contributed by atoms with van der Waals surface area (Å²) in [6, 6.07) is 0. The molecule has 1 fully saturated rings. The van der Waals surface area contributed by atoms with Crippen LogP contribution in [-0.4, -0.2) is 54.2 Å². The maximum absolute atomic E-state index is 12.0. The Bertz CT molecular complexity index is 735. The molecule has 0 amide bonds. The largest absolute Gasteiger partial charge is 0.383 e. The van der Waals surface area contributed by atoms with Crippen molar-refractivity contribution in [1.82, 2.24) is 9.97 Å². The molecule has 0 aromatic carbocycles. The monoisotopic (exact) mass is 411 g/mol. The molecule has 2 rings (SSSR count). The molecule has 2 heterocycles. The van der Waals surface area contributed by atoms with Crippen molar-refractivity contribution in [2.45, 2.75) is 84.9 Å². The highest BCUT2D eigenvalue weighted by Crippen LogP contribution is 2.42. The highest BCUT2D eigenvalue weighted by Gasteiger charge is 2.50. The number of hydrogen-bond donors (Lipinski definition) is 2. The van der Waals surface area contributed by atoms with Crippen molar-refractivity contribution in [2.24, 2.45) is 5.41 Å². The number of ether oxygens (including phenoxy) is 4. The molecule has 1 aliphatic heterocycles. The Hall–Kier alpha value is -1.48. The highest BCUT2D eigenvalue weighted by atomic mass is 16.6. The predicted molar refractivity (Wildman–Crippen MR) is 112 cm³/mol. The molecular weight excluding hydrogens is 374 g/mol. The number of nitrogens with one attached hydrogen (secondary N) is 1. The van der Waals surface area contributed by atoms with E-state index >= 15 is 0 Å². The lowest BCUT2D eigenvalue weighted by molar-refractivity contribution is -0.132. The van der Waals surface area contributed by atoms with E-state index in [1.54, 1.807) is 7.11 Å². The van der Waals surface area contributed by atoms with Crippen LogP contribution in [0.2, 0.25) is 0 Å². The molecule has 1 aromatic heterocycles. The zero-order chi connectivity index (χ0) is 22.0. The number of nitrogens with two attached hydrogens (primary N) is 1. The molecule has 1 aliphatic rings. The van der Waals surface area contributed by atoms with Gasteiger partial charge in [-0.3, -0.25) is 0 Å². The van der Waals surface area contributed by atoms with Gasteiger partial charge in [0.05, 0.1) is 30.6 Å². The van der Waals surface area contributed by atoms with Crippen LogP contribution in [0.15, 0.2) is 4.79 Å². The second-order valence-electron chi connectivity index (χ2n) is 9.85. The fourth-order valence-electron chi connectivity index (χ4n) is 3.58. The number of methoxy groups -OCH3 is 1. The van der Waals surface area contributed by atoms with Gasteiger partial charge >= 0.3 is 5.69 Å². The smallest absolute Gasteiger partial charge is 0.347 e. The molecule has 1 saturated heterocycles. The second kappa shape index (κ2) is 9.12. The number of H-pyrrole nitrogens is 1. The summed E-state index contributed by atoms with van der Waals surface area (Å²) in [7, 11) is 1.63. The van der Waals surface area contributed by atoms with E-state index in [-0.39, 0.29) is 29.0 Å². The summed E-state index contributed by atoms with van der Waals surface area (Å²) in [6.45, 7) is 15.2. The number of aromatic amines is 1. The first-order chi connectivity index (χ1) is 13.3. The number of anilines is 1. The summed E-state index contributed by atoms with van der Waals surface area (Å²) in [5.41, 5.74) is 6.35. The number of hydrogen-bond acceptors (Lipinski definition) is 7. The van der Waals surface area contributed by atoms with Crippen LogP contribution in [0.5, 0.6) is 0 Å². The maximum atomic E-state index is 12.0. The van der Waals surface area contributed by atoms with Gasteiger partial charge in [0.25, 0.3) is 0 Å². The zero-order valence-electron chi connectivity index (χ0n) is 19.0. The predicted octanol–water partition coefficient (Wildman–Crippen LogP) is 2.75. The Morgan fingerprint density at radius 3 is 2.34 bits per heavy atom. The van der Waals surface area contributed by atoms with Crippen LogP contribution in [-0.2, 0) is 18.9 Å². The Morgan fingerprint density at radius 1 is 1.14 bits per heavy atom. The van der Waals surface area contributed by atoms with Crippen LogP contribution >= 0.6 is 0 Å². The topological polar surface area (TPSA) is 109 Å². The first kappa shape index (κ1) is 23.8. The summed E-state index contributed by atoms with van der Waals surface area (Å²) >= 11 is 0. The van der Waals surface area contributed by atoms with Crippen LogP contribution in [0.25, 0.3) is 0 Å². The van der Waals surface area contributed by atoms with Crippen LogP contribution < -0.4 is 11.4 Å². The molecule has 3 N–H and O–H groups in total. The second-order valence-corrected chi connectivity index (χ2v) is 9.85. The molecular formula is C21H37N3O5. The molecule has 166 valence electrons. The minimum atomic E-state index is -0.524. The average molecular weight is 412 g/mol. The van der Waals surface area contributed by atoms with Gasteiger partial charge in [-0.25, -0.2) is 4.79 Å². The van der Waals surface area contributed by atoms with Gasteiger partial charge in [0.15, 0.2) is 0 Å². The lowest BCUT2D eigenvalue weighted by atomic mass is 9.86. The van der Waals surface area contributed by atoms with Crippen LogP contribution in [0.1, 0.15) is 65.3 Å². The molecule has 1 unspecified atom stereocenters. The van der Waals surface area contributed by atoms with Gasteiger partial charge in [0.2, 0.25) is 0 Å². The average Bonchev–Trinajstić information content (AvgIpc) is 2.85. The minimum Gasteiger partial charge on any atom is -0.383 e. The molecule has 0 saturated carbocycles. The first-order valence-corrected chi connectivity index (χ1v) is 10.1. The molecule has 0 radical (unpaired) electrons. The Morgan fingerprint density at radius 2 is 1.79 bits per heavy atom. The fourth-order valence-corrected chi connectivity index (χ4v) is 3.58. The van der Waals surface area contributed by atoms with Crippen molar-refractivity contribution in [3.63, 3.8) is 0 Å². The summed E-state index contributed by atoms with van der Waals surface area (Å²) < 4.78 is 24.2. The third-order valence-electron chi connectivity index (χ3n) is 4.75. The molecule has 8 nitrogen and oxygen atoms in total. The Labute approximate surface area is 173 Å². The molecule has 8 heteroatoms. The molecule has 4 atom stereocenters. The van der Waals surface area contributed by atoms with E-state index in [0.717, 1.165) is 6.42 Å². The summed E-state index contributed by atoms with van der Waals surface area (Å²) in [5, 5.41) is 0. The molecule has 1 aromatic rings. The molecule has 0 bridgehead atoms. The van der Waals surface area contributed by atoms with Gasteiger partial charge in [0.1, 0.15) is 24.1 Å². The molecule has 29 heavy (non-hydrogen) atoms. The van der Waals surface area contributed by atoms with Crippen LogP contribution in [0.3, 0.4) is 0 Å². The van der Waals surface area contributed by atoms with Crippen molar-refractivity contribution in [1.29, 1.82) is 0 Å². The molecule has 0 aliphatic carbocycles. The number of aromatic nitrogens is 2. The zero-order valence-corrected chi connectivity index (χ0v) is 19.0. The number of rotatable bonds is 7. The van der Waals surface area contributed by atoms with Crippen molar-refractivity contribution >= 4 is 5.82 Å². The minimum absolute atomic E-state index is 0.0237. The third-order valence-corrected chi connectivity index (χ3v) is 4.75. The van der Waals surface area contributed by atoms with Gasteiger partial charge in [-0.1, -0.05) is 20.8 Å². The highest BCUT2D eigenvalue weighted by molar-refractivity contribution is 5.41. The summed E-state index contributed by atoms with van der Waals surface area (Å²) in [6.07, 6.45) is -0.687. The van der Waals surface area contributed by atoms with Gasteiger partial charge in [-0.2, -0.15) is 4.98 Å². The van der Waals surface area contributed by atoms with E-state index < -0.39 is 17.9 Å². The van der Waals surface area contributed by atoms with E-state index in [2.05, 4.69) is 30.7 Å². The quantitative estimate of drug-likeness (QED) is 0.664. The standard InChI is InChI=1S/C21H37N3O5/c1-12-14(23-19(25)24-18(12)22)16-17(27-10-9-26-8)15(29-21(5,6)7)13(28-16)11-20(2,3)4/h13,15-17H,9-11H2,1-8H3,(H3,22,23,24,25)/t13-,15+,16+,17?/m1/s1. The van der Waals surface area contributed by atoms with E-state index in [1.165, 1.54) is 0 Å². The van der Waals surface area contributed by atoms with Gasteiger partial charge in [-0.15, -0.1) is 0 Å². The third kappa shape index (κ3) is 6.50. The van der Waals surface area contributed by atoms with Gasteiger partial charge in [0, 0.05) is 12.7 Å². The van der Waals surface area contributed by atoms with Gasteiger partial charge in [-0.05, 0) is 39.5 Å². The van der Waals surface area contributed by atoms with E-state index in [1.807, 2.05) is 27.7 Å². The summed E-state index contributed by atoms with van der Waals surface area (Å²) in [4.78, 5) is 18.6.